The van der Waals surface area contributed by atoms with Crippen molar-refractivity contribution < 1.29 is 0 Å². The number of aryl methyl sites for hydroxylation is 2. The first-order chi connectivity index (χ1) is 9.11. The SMILES string of the molecule is CCCNC(c1cc(C)cc(Br)c1)c1cnnn1C. The van der Waals surface area contributed by atoms with Crippen molar-refractivity contribution in [2.24, 2.45) is 7.05 Å². The van der Waals surface area contributed by atoms with E-state index >= 15 is 0 Å². The third kappa shape index (κ3) is 3.42. The highest BCUT2D eigenvalue weighted by atomic mass is 79.9. The average Bonchev–Trinajstić information content (AvgIpc) is 2.75. The van der Waals surface area contributed by atoms with Crippen LogP contribution >= 0.6 is 15.9 Å². The van der Waals surface area contributed by atoms with Crippen LogP contribution in [0.25, 0.3) is 0 Å². The zero-order valence-electron chi connectivity index (χ0n) is 11.5. The maximum atomic E-state index is 4.03. The van der Waals surface area contributed by atoms with Gasteiger partial charge in [-0.05, 0) is 43.1 Å². The zero-order chi connectivity index (χ0) is 13.8. The average molecular weight is 323 g/mol. The van der Waals surface area contributed by atoms with Crippen molar-refractivity contribution in [3.63, 3.8) is 0 Å². The quantitative estimate of drug-likeness (QED) is 0.920. The Morgan fingerprint density at radius 1 is 1.37 bits per heavy atom. The Morgan fingerprint density at radius 2 is 2.16 bits per heavy atom. The topological polar surface area (TPSA) is 42.7 Å². The van der Waals surface area contributed by atoms with Crippen LogP contribution in [0, 0.1) is 6.92 Å². The van der Waals surface area contributed by atoms with Crippen LogP contribution in [0.15, 0.2) is 28.9 Å². The third-order valence-corrected chi connectivity index (χ3v) is 3.50. The fraction of sp³-hybridized carbons (Fsp3) is 0.429. The number of hydrogen-bond acceptors (Lipinski definition) is 3. The van der Waals surface area contributed by atoms with E-state index in [1.807, 2.05) is 17.9 Å². The summed E-state index contributed by atoms with van der Waals surface area (Å²) in [5, 5.41) is 11.6. The minimum Gasteiger partial charge on any atom is -0.305 e. The highest BCUT2D eigenvalue weighted by molar-refractivity contribution is 9.10. The first kappa shape index (κ1) is 14.2. The molecule has 0 radical (unpaired) electrons. The standard InChI is InChI=1S/C14H19BrN4/c1-4-5-16-14(13-9-17-18-19(13)3)11-6-10(2)7-12(15)8-11/h6-9,14,16H,4-5H2,1-3H3. The van der Waals surface area contributed by atoms with E-state index in [0.717, 1.165) is 23.1 Å². The van der Waals surface area contributed by atoms with Crippen molar-refractivity contribution in [3.8, 4) is 0 Å². The Labute approximate surface area is 122 Å². The van der Waals surface area contributed by atoms with Gasteiger partial charge in [-0.1, -0.05) is 34.1 Å². The summed E-state index contributed by atoms with van der Waals surface area (Å²) in [7, 11) is 1.92. The lowest BCUT2D eigenvalue weighted by molar-refractivity contribution is 0.550. The van der Waals surface area contributed by atoms with Gasteiger partial charge in [-0.15, -0.1) is 5.10 Å². The molecule has 0 fully saturated rings. The highest BCUT2D eigenvalue weighted by Crippen LogP contribution is 2.25. The van der Waals surface area contributed by atoms with E-state index in [9.17, 15) is 0 Å². The summed E-state index contributed by atoms with van der Waals surface area (Å²) >= 11 is 3.57. The molecule has 102 valence electrons. The molecule has 0 bridgehead atoms. The van der Waals surface area contributed by atoms with E-state index in [1.165, 1.54) is 11.1 Å². The molecule has 1 unspecified atom stereocenters. The van der Waals surface area contributed by atoms with Gasteiger partial charge < -0.3 is 5.32 Å². The molecule has 5 heteroatoms. The van der Waals surface area contributed by atoms with Crippen LogP contribution in [0.4, 0.5) is 0 Å². The third-order valence-electron chi connectivity index (χ3n) is 3.04. The number of benzene rings is 1. The number of nitrogens with one attached hydrogen (secondary N) is 1. The molecule has 1 aromatic carbocycles. The van der Waals surface area contributed by atoms with Gasteiger partial charge in [0.1, 0.15) is 0 Å². The van der Waals surface area contributed by atoms with Crippen LogP contribution in [-0.4, -0.2) is 21.5 Å². The molecule has 2 aromatic rings. The Bertz CT molecular complexity index is 530. The molecule has 1 heterocycles. The van der Waals surface area contributed by atoms with Crippen molar-refractivity contribution in [2.45, 2.75) is 26.3 Å². The van der Waals surface area contributed by atoms with Gasteiger partial charge in [0.05, 0.1) is 17.9 Å². The molecule has 0 saturated heterocycles. The van der Waals surface area contributed by atoms with Gasteiger partial charge in [-0.25, -0.2) is 0 Å². The van der Waals surface area contributed by atoms with Crippen LogP contribution in [-0.2, 0) is 7.05 Å². The largest absolute Gasteiger partial charge is 0.305 e. The van der Waals surface area contributed by atoms with Gasteiger partial charge in [0.2, 0.25) is 0 Å². The second-order valence-electron chi connectivity index (χ2n) is 4.73. The first-order valence-electron chi connectivity index (χ1n) is 6.47. The van der Waals surface area contributed by atoms with Gasteiger partial charge in [0.25, 0.3) is 0 Å². The summed E-state index contributed by atoms with van der Waals surface area (Å²) in [5.41, 5.74) is 3.54. The summed E-state index contributed by atoms with van der Waals surface area (Å²) < 4.78 is 2.92. The predicted octanol–water partition coefficient (Wildman–Crippen LogP) is 2.98. The molecular formula is C14H19BrN4. The van der Waals surface area contributed by atoms with Gasteiger partial charge in [-0.2, -0.15) is 0 Å². The van der Waals surface area contributed by atoms with E-state index in [-0.39, 0.29) is 6.04 Å². The molecule has 2 rings (SSSR count). The second-order valence-corrected chi connectivity index (χ2v) is 5.65. The summed E-state index contributed by atoms with van der Waals surface area (Å²) in [5.74, 6) is 0. The number of rotatable bonds is 5. The normalized spacial score (nSPS) is 12.6. The van der Waals surface area contributed by atoms with E-state index in [4.69, 9.17) is 0 Å². The van der Waals surface area contributed by atoms with Crippen molar-refractivity contribution >= 4 is 15.9 Å². The lowest BCUT2D eigenvalue weighted by Crippen LogP contribution is -2.25. The maximum Gasteiger partial charge on any atom is 0.0798 e. The summed E-state index contributed by atoms with van der Waals surface area (Å²) in [6.07, 6.45) is 2.92. The second kappa shape index (κ2) is 6.30. The molecular weight excluding hydrogens is 304 g/mol. The maximum absolute atomic E-state index is 4.03. The smallest absolute Gasteiger partial charge is 0.0798 e. The minimum atomic E-state index is 0.121. The van der Waals surface area contributed by atoms with Crippen molar-refractivity contribution in [2.75, 3.05) is 6.54 Å². The minimum absolute atomic E-state index is 0.121. The van der Waals surface area contributed by atoms with Crippen molar-refractivity contribution in [1.82, 2.24) is 20.3 Å². The predicted molar refractivity (Wildman–Crippen MR) is 80.0 cm³/mol. The van der Waals surface area contributed by atoms with E-state index in [2.05, 4.69) is 63.6 Å². The molecule has 1 atom stereocenters. The summed E-state index contributed by atoms with van der Waals surface area (Å²) in [6, 6.07) is 6.58. The Balaban J connectivity index is 2.39. The fourth-order valence-corrected chi connectivity index (χ4v) is 2.80. The zero-order valence-corrected chi connectivity index (χ0v) is 13.1. The van der Waals surface area contributed by atoms with Crippen LogP contribution in [0.3, 0.4) is 0 Å². The molecule has 1 N–H and O–H groups in total. The van der Waals surface area contributed by atoms with Gasteiger partial charge in [0.15, 0.2) is 0 Å². The number of halogens is 1. The van der Waals surface area contributed by atoms with E-state index < -0.39 is 0 Å². The molecule has 4 nitrogen and oxygen atoms in total. The fourth-order valence-electron chi connectivity index (χ4n) is 2.17. The van der Waals surface area contributed by atoms with Crippen LogP contribution in [0.1, 0.15) is 36.2 Å². The molecule has 0 saturated carbocycles. The van der Waals surface area contributed by atoms with E-state index in [1.54, 1.807) is 0 Å². The number of aromatic nitrogens is 3. The molecule has 0 aliphatic heterocycles. The van der Waals surface area contributed by atoms with Crippen molar-refractivity contribution in [1.29, 1.82) is 0 Å². The van der Waals surface area contributed by atoms with Gasteiger partial charge >= 0.3 is 0 Å². The van der Waals surface area contributed by atoms with Crippen LogP contribution in [0.2, 0.25) is 0 Å². The first-order valence-corrected chi connectivity index (χ1v) is 7.26. The molecule has 1 aromatic heterocycles. The lowest BCUT2D eigenvalue weighted by Gasteiger charge is -2.19. The number of hydrogen-bond donors (Lipinski definition) is 1. The highest BCUT2D eigenvalue weighted by Gasteiger charge is 2.17. The van der Waals surface area contributed by atoms with Crippen LogP contribution in [0.5, 0.6) is 0 Å². The summed E-state index contributed by atoms with van der Waals surface area (Å²) in [6.45, 7) is 5.23. The Hall–Kier alpha value is -1.20. The monoisotopic (exact) mass is 322 g/mol. The van der Waals surface area contributed by atoms with Crippen LogP contribution < -0.4 is 5.32 Å². The van der Waals surface area contributed by atoms with E-state index in [0.29, 0.717) is 0 Å². The molecule has 0 spiro atoms. The molecule has 0 aliphatic rings. The number of nitrogens with zero attached hydrogens (tertiary/aromatic N) is 3. The lowest BCUT2D eigenvalue weighted by atomic mass is 10.0. The molecule has 0 aliphatic carbocycles. The Kier molecular flexibility index (Phi) is 4.71. The van der Waals surface area contributed by atoms with Gasteiger partial charge in [0, 0.05) is 11.5 Å². The van der Waals surface area contributed by atoms with Crippen molar-refractivity contribution in [3.05, 3.63) is 45.7 Å². The molecule has 19 heavy (non-hydrogen) atoms. The molecule has 0 amide bonds. The Morgan fingerprint density at radius 3 is 2.74 bits per heavy atom. The summed E-state index contributed by atoms with van der Waals surface area (Å²) in [4.78, 5) is 0. The van der Waals surface area contributed by atoms with Gasteiger partial charge in [-0.3, -0.25) is 4.68 Å².